The van der Waals surface area contributed by atoms with Crippen LogP contribution in [0.1, 0.15) is 84.6 Å². The van der Waals surface area contributed by atoms with Crippen LogP contribution in [0.3, 0.4) is 0 Å². The van der Waals surface area contributed by atoms with E-state index in [0.29, 0.717) is 43.0 Å². The molecule has 34 heavy (non-hydrogen) atoms. The van der Waals surface area contributed by atoms with Gasteiger partial charge in [0.15, 0.2) is 5.79 Å². The molecular formula is C30H42O4. The molecule has 1 N–H and O–H groups in total. The minimum atomic E-state index is -1.10. The van der Waals surface area contributed by atoms with Crippen LogP contribution >= 0.6 is 0 Å². The third-order valence-corrected chi connectivity index (χ3v) is 11.2. The van der Waals surface area contributed by atoms with Crippen LogP contribution in [0.15, 0.2) is 35.9 Å². The summed E-state index contributed by atoms with van der Waals surface area (Å²) in [5.74, 6) is 2.04. The zero-order chi connectivity index (χ0) is 24.4. The zero-order valence-electron chi connectivity index (χ0n) is 21.7. The van der Waals surface area contributed by atoms with Gasteiger partial charge in [0.25, 0.3) is 0 Å². The number of hydrogen-bond donors (Lipinski definition) is 1. The second-order valence-electron chi connectivity index (χ2n) is 12.4. The minimum Gasteiger partial charge on any atom is -0.497 e. The lowest BCUT2D eigenvalue weighted by Gasteiger charge is -2.60. The Morgan fingerprint density at radius 3 is 2.41 bits per heavy atom. The van der Waals surface area contributed by atoms with Gasteiger partial charge >= 0.3 is 0 Å². The van der Waals surface area contributed by atoms with Gasteiger partial charge in [-0.05, 0) is 91.7 Å². The number of allylic oxidation sites excluding steroid dienone is 1. The molecule has 1 aromatic rings. The number of ketones is 1. The van der Waals surface area contributed by atoms with Crippen molar-refractivity contribution in [3.8, 4) is 5.75 Å². The summed E-state index contributed by atoms with van der Waals surface area (Å²) in [5, 5.41) is 11.4. The molecule has 4 aliphatic carbocycles. The summed E-state index contributed by atoms with van der Waals surface area (Å²) < 4.78 is 11.4. The molecular weight excluding hydrogens is 424 g/mol. The van der Waals surface area contributed by atoms with Gasteiger partial charge in [-0.15, -0.1) is 0 Å². The molecule has 0 bridgehead atoms. The molecule has 186 valence electrons. The molecule has 0 amide bonds. The van der Waals surface area contributed by atoms with Gasteiger partial charge in [-0.1, -0.05) is 44.6 Å². The van der Waals surface area contributed by atoms with Crippen molar-refractivity contribution in [1.29, 1.82) is 0 Å². The molecule has 0 spiro atoms. The lowest BCUT2D eigenvalue weighted by Crippen LogP contribution is -2.54. The van der Waals surface area contributed by atoms with Crippen LogP contribution in [-0.4, -0.2) is 23.8 Å². The van der Waals surface area contributed by atoms with Gasteiger partial charge in [0.2, 0.25) is 0 Å². The number of methoxy groups -OCH3 is 1. The fourth-order valence-corrected chi connectivity index (χ4v) is 8.53. The van der Waals surface area contributed by atoms with Gasteiger partial charge in [0.05, 0.1) is 13.7 Å². The molecule has 4 heteroatoms. The fourth-order valence-electron chi connectivity index (χ4n) is 8.53. The number of rotatable bonds is 5. The summed E-state index contributed by atoms with van der Waals surface area (Å²) in [6, 6.07) is 7.85. The number of carbonyl (C=O) groups is 1. The molecule has 7 atom stereocenters. The Morgan fingerprint density at radius 2 is 1.74 bits per heavy atom. The molecule has 3 saturated carbocycles. The van der Waals surface area contributed by atoms with E-state index in [1.54, 1.807) is 7.11 Å². The van der Waals surface area contributed by atoms with Crippen molar-refractivity contribution in [1.82, 2.24) is 0 Å². The Bertz CT molecular complexity index is 982. The average molecular weight is 467 g/mol. The van der Waals surface area contributed by atoms with Crippen molar-refractivity contribution in [3.63, 3.8) is 0 Å². The summed E-state index contributed by atoms with van der Waals surface area (Å²) in [5.41, 5.74) is 2.53. The van der Waals surface area contributed by atoms with E-state index in [4.69, 9.17) is 9.47 Å². The van der Waals surface area contributed by atoms with Crippen molar-refractivity contribution < 1.29 is 19.4 Å². The van der Waals surface area contributed by atoms with Gasteiger partial charge in [-0.2, -0.15) is 0 Å². The van der Waals surface area contributed by atoms with E-state index < -0.39 is 5.79 Å². The van der Waals surface area contributed by atoms with Crippen LogP contribution in [0, 0.1) is 34.0 Å². The van der Waals surface area contributed by atoms with Crippen LogP contribution in [0.4, 0.5) is 0 Å². The monoisotopic (exact) mass is 466 g/mol. The van der Waals surface area contributed by atoms with Gasteiger partial charge in [0, 0.05) is 18.3 Å². The first-order chi connectivity index (χ1) is 16.0. The van der Waals surface area contributed by atoms with Gasteiger partial charge < -0.3 is 14.6 Å². The lowest BCUT2D eigenvalue weighted by atomic mass is 9.45. The highest BCUT2D eigenvalue weighted by Gasteiger charge is 2.64. The Labute approximate surface area is 205 Å². The molecule has 0 heterocycles. The molecule has 0 aromatic heterocycles. The minimum absolute atomic E-state index is 0.124. The van der Waals surface area contributed by atoms with E-state index >= 15 is 0 Å². The maximum Gasteiger partial charge on any atom is 0.169 e. The molecule has 1 unspecified atom stereocenters. The van der Waals surface area contributed by atoms with Crippen LogP contribution in [0.5, 0.6) is 5.75 Å². The second-order valence-corrected chi connectivity index (χ2v) is 12.4. The molecule has 0 saturated heterocycles. The number of benzene rings is 1. The number of Topliss-reactive ketones (excluding diaryl/α,β-unsaturated/α-hetero) is 1. The van der Waals surface area contributed by atoms with Crippen LogP contribution < -0.4 is 4.74 Å². The van der Waals surface area contributed by atoms with Crippen molar-refractivity contribution in [2.45, 2.75) is 91.5 Å². The first-order valence-electron chi connectivity index (χ1n) is 13.2. The lowest BCUT2D eigenvalue weighted by molar-refractivity contribution is -0.231. The average Bonchev–Trinajstić information content (AvgIpc) is 3.11. The van der Waals surface area contributed by atoms with Gasteiger partial charge in [-0.25, -0.2) is 0 Å². The largest absolute Gasteiger partial charge is 0.497 e. The standard InChI is InChI=1S/C30H42O4/c1-20(31)28(3)14-13-26-24-11-8-22-18-30(32,34-19-21-6-9-23(33-5)10-7-21)17-16-27(22,2)25(24)12-15-29(26,28)4/h6-10,24-26,32H,11-19H2,1-5H3/t24-,25+,26+,27+,28-,29+,30?/m1/s1. The van der Waals surface area contributed by atoms with E-state index in [1.807, 2.05) is 31.2 Å². The number of carbonyl (C=O) groups excluding carboxylic acids is 1. The maximum atomic E-state index is 12.7. The molecule has 1 aromatic carbocycles. The van der Waals surface area contributed by atoms with E-state index in [9.17, 15) is 9.90 Å². The Kier molecular flexibility index (Phi) is 5.80. The molecule has 0 radical (unpaired) electrons. The van der Waals surface area contributed by atoms with Crippen molar-refractivity contribution in [2.24, 2.45) is 34.0 Å². The molecule has 5 rings (SSSR count). The van der Waals surface area contributed by atoms with Crippen molar-refractivity contribution in [2.75, 3.05) is 7.11 Å². The van der Waals surface area contributed by atoms with E-state index in [-0.39, 0.29) is 16.2 Å². The predicted molar refractivity (Wildman–Crippen MR) is 133 cm³/mol. The van der Waals surface area contributed by atoms with Gasteiger partial charge in [-0.3, -0.25) is 4.79 Å². The first-order valence-corrected chi connectivity index (χ1v) is 13.2. The van der Waals surface area contributed by atoms with E-state index in [0.717, 1.165) is 37.0 Å². The van der Waals surface area contributed by atoms with E-state index in [2.05, 4.69) is 26.8 Å². The van der Waals surface area contributed by atoms with Crippen molar-refractivity contribution >= 4 is 5.78 Å². The molecule has 0 aliphatic heterocycles. The Hall–Kier alpha value is -1.65. The molecule has 4 aliphatic rings. The highest BCUT2D eigenvalue weighted by Crippen LogP contribution is 2.70. The predicted octanol–water partition coefficient (Wildman–Crippen LogP) is 6.46. The SMILES string of the molecule is COc1ccc(COC2(O)CC[C@@]3(C)C(=CC[C@@H]4[C@@H]3CC[C@@]3(C)[C@H]4CC[C@]3(C)C(C)=O)C2)cc1. The zero-order valence-corrected chi connectivity index (χ0v) is 21.7. The number of fused-ring (bicyclic) bond motifs is 5. The third-order valence-electron chi connectivity index (χ3n) is 11.2. The summed E-state index contributed by atoms with van der Waals surface area (Å²) in [7, 11) is 1.66. The first kappa shape index (κ1) is 24.1. The topological polar surface area (TPSA) is 55.8 Å². The second kappa shape index (κ2) is 8.20. The summed E-state index contributed by atoms with van der Waals surface area (Å²) in [4.78, 5) is 12.7. The van der Waals surface area contributed by atoms with Crippen LogP contribution in [-0.2, 0) is 16.1 Å². The number of hydrogen-bond acceptors (Lipinski definition) is 4. The van der Waals surface area contributed by atoms with Crippen molar-refractivity contribution in [3.05, 3.63) is 41.5 Å². The fraction of sp³-hybridized carbons (Fsp3) is 0.700. The van der Waals surface area contributed by atoms with Crippen LogP contribution in [0.25, 0.3) is 0 Å². The normalized spacial score (nSPS) is 43.4. The summed E-state index contributed by atoms with van der Waals surface area (Å²) in [6.07, 6.45) is 10.3. The van der Waals surface area contributed by atoms with E-state index in [1.165, 1.54) is 18.4 Å². The van der Waals surface area contributed by atoms with Crippen LogP contribution in [0.2, 0.25) is 0 Å². The third kappa shape index (κ3) is 3.51. The quantitative estimate of drug-likeness (QED) is 0.400. The molecule has 3 fully saturated rings. The number of aliphatic hydroxyl groups is 1. The summed E-state index contributed by atoms with van der Waals surface area (Å²) in [6.45, 7) is 9.31. The Morgan fingerprint density at radius 1 is 1.03 bits per heavy atom. The smallest absolute Gasteiger partial charge is 0.169 e. The van der Waals surface area contributed by atoms with Gasteiger partial charge in [0.1, 0.15) is 11.5 Å². The summed E-state index contributed by atoms with van der Waals surface area (Å²) >= 11 is 0. The highest BCUT2D eigenvalue weighted by molar-refractivity contribution is 5.83. The number of ether oxygens (including phenoxy) is 2. The Balaban J connectivity index is 1.32. The highest BCUT2D eigenvalue weighted by atomic mass is 16.6. The molecule has 4 nitrogen and oxygen atoms in total. The maximum absolute atomic E-state index is 12.7.